The lowest BCUT2D eigenvalue weighted by molar-refractivity contribution is -0.122. The van der Waals surface area contributed by atoms with Crippen molar-refractivity contribution >= 4 is 17.4 Å². The van der Waals surface area contributed by atoms with Crippen molar-refractivity contribution in [1.29, 1.82) is 0 Å². The number of carbonyl (C=O) groups excluding carboxylic acids is 1. The fourth-order valence-corrected chi connectivity index (χ4v) is 2.43. The molecular weight excluding hydrogens is 289 g/mol. The minimum absolute atomic E-state index is 0.0484. The molecular formula is C17H17ClFNO. The molecule has 0 bridgehead atoms. The van der Waals surface area contributed by atoms with E-state index in [0.29, 0.717) is 0 Å². The molecule has 2 nitrogen and oxygen atoms in total. The quantitative estimate of drug-likeness (QED) is 0.909. The van der Waals surface area contributed by atoms with Crippen LogP contribution in [0.25, 0.3) is 0 Å². The van der Waals surface area contributed by atoms with E-state index in [1.807, 2.05) is 30.3 Å². The van der Waals surface area contributed by atoms with Crippen molar-refractivity contribution in [3.63, 3.8) is 0 Å². The minimum atomic E-state index is -0.462. The van der Waals surface area contributed by atoms with E-state index >= 15 is 0 Å². The molecule has 2 aromatic rings. The Morgan fingerprint density at radius 1 is 1.19 bits per heavy atom. The maximum absolute atomic E-state index is 13.7. The van der Waals surface area contributed by atoms with Crippen LogP contribution in [-0.2, 0) is 11.2 Å². The highest BCUT2D eigenvalue weighted by molar-refractivity contribution is 6.31. The number of ketones is 1. The Bertz CT molecular complexity index is 610. The summed E-state index contributed by atoms with van der Waals surface area (Å²) in [6.45, 7) is 1.76. The number of rotatable bonds is 5. The van der Waals surface area contributed by atoms with Crippen LogP contribution in [0.3, 0.4) is 0 Å². The highest BCUT2D eigenvalue weighted by atomic mass is 35.5. The van der Waals surface area contributed by atoms with E-state index < -0.39 is 17.8 Å². The molecule has 0 heterocycles. The third-order valence-corrected chi connectivity index (χ3v) is 4.00. The first-order valence-electron chi connectivity index (χ1n) is 6.77. The molecule has 2 rings (SSSR count). The predicted octanol–water partition coefficient (Wildman–Crippen LogP) is 3.93. The van der Waals surface area contributed by atoms with E-state index in [2.05, 4.69) is 0 Å². The van der Waals surface area contributed by atoms with Crippen molar-refractivity contribution in [2.75, 3.05) is 0 Å². The molecule has 2 N–H and O–H groups in total. The second-order valence-corrected chi connectivity index (χ2v) is 5.48. The van der Waals surface area contributed by atoms with Crippen molar-refractivity contribution in [2.24, 2.45) is 11.7 Å². The van der Waals surface area contributed by atoms with Gasteiger partial charge < -0.3 is 5.73 Å². The van der Waals surface area contributed by atoms with Crippen molar-refractivity contribution in [1.82, 2.24) is 0 Å². The molecule has 0 fully saturated rings. The van der Waals surface area contributed by atoms with Gasteiger partial charge in [0, 0.05) is 29.0 Å². The summed E-state index contributed by atoms with van der Waals surface area (Å²) in [5.41, 5.74) is 7.24. The average Bonchev–Trinajstić information content (AvgIpc) is 2.50. The Morgan fingerprint density at radius 3 is 2.48 bits per heavy atom. The van der Waals surface area contributed by atoms with Crippen LogP contribution < -0.4 is 5.73 Å². The molecule has 0 saturated heterocycles. The number of halogens is 2. The summed E-state index contributed by atoms with van der Waals surface area (Å²) in [5, 5.41) is 0.267. The lowest BCUT2D eigenvalue weighted by Crippen LogP contribution is -2.27. The summed E-state index contributed by atoms with van der Waals surface area (Å²) < 4.78 is 13.7. The molecule has 0 aliphatic heterocycles. The first-order chi connectivity index (χ1) is 10.0. The fraction of sp³-hybridized carbons (Fsp3) is 0.235. The molecule has 0 amide bonds. The molecule has 0 aliphatic carbocycles. The van der Waals surface area contributed by atoms with Gasteiger partial charge in [-0.15, -0.1) is 0 Å². The lowest BCUT2D eigenvalue weighted by atomic mass is 9.89. The summed E-state index contributed by atoms with van der Waals surface area (Å²) in [7, 11) is 0. The number of benzene rings is 2. The van der Waals surface area contributed by atoms with Gasteiger partial charge in [-0.2, -0.15) is 0 Å². The van der Waals surface area contributed by atoms with Gasteiger partial charge in [0.2, 0.25) is 0 Å². The minimum Gasteiger partial charge on any atom is -0.323 e. The van der Waals surface area contributed by atoms with Gasteiger partial charge in [0.25, 0.3) is 0 Å². The zero-order chi connectivity index (χ0) is 15.4. The van der Waals surface area contributed by atoms with E-state index in [4.69, 9.17) is 17.3 Å². The second kappa shape index (κ2) is 6.83. The van der Waals surface area contributed by atoms with Crippen LogP contribution in [0.4, 0.5) is 4.39 Å². The number of hydrogen-bond donors (Lipinski definition) is 1. The smallest absolute Gasteiger partial charge is 0.142 e. The molecule has 0 radical (unpaired) electrons. The molecule has 2 aromatic carbocycles. The van der Waals surface area contributed by atoms with Crippen LogP contribution in [0, 0.1) is 11.7 Å². The second-order valence-electron chi connectivity index (χ2n) is 5.07. The Labute approximate surface area is 128 Å². The Balaban J connectivity index is 2.13. The topological polar surface area (TPSA) is 43.1 Å². The van der Waals surface area contributed by atoms with Crippen LogP contribution in [0.2, 0.25) is 5.02 Å². The van der Waals surface area contributed by atoms with Gasteiger partial charge >= 0.3 is 0 Å². The first-order valence-corrected chi connectivity index (χ1v) is 7.14. The molecule has 21 heavy (non-hydrogen) atoms. The molecule has 0 spiro atoms. The van der Waals surface area contributed by atoms with Gasteiger partial charge in [0.1, 0.15) is 11.6 Å². The third kappa shape index (κ3) is 3.69. The van der Waals surface area contributed by atoms with Crippen LogP contribution in [0.5, 0.6) is 0 Å². The zero-order valence-corrected chi connectivity index (χ0v) is 12.5. The van der Waals surface area contributed by atoms with Gasteiger partial charge in [-0.1, -0.05) is 54.9 Å². The standard InChI is InChI=1S/C17H17ClFNO/c1-11(17(20)12-6-3-2-4-7-12)16(21)10-13-14(18)8-5-9-15(13)19/h2-9,11,17H,10,20H2,1H3. The molecule has 2 atom stereocenters. The summed E-state index contributed by atoms with van der Waals surface area (Å²) in [6.07, 6.45) is -0.0484. The van der Waals surface area contributed by atoms with Crippen LogP contribution >= 0.6 is 11.6 Å². The highest BCUT2D eigenvalue weighted by Crippen LogP contribution is 2.24. The number of nitrogens with two attached hydrogens (primary N) is 1. The van der Waals surface area contributed by atoms with Crippen molar-refractivity contribution in [3.8, 4) is 0 Å². The maximum Gasteiger partial charge on any atom is 0.142 e. The fourth-order valence-electron chi connectivity index (χ4n) is 2.20. The van der Waals surface area contributed by atoms with Crippen molar-refractivity contribution < 1.29 is 9.18 Å². The van der Waals surface area contributed by atoms with Crippen LogP contribution in [-0.4, -0.2) is 5.78 Å². The summed E-state index contributed by atoms with van der Waals surface area (Å²) in [5.74, 6) is -1.00. The molecule has 110 valence electrons. The van der Waals surface area contributed by atoms with Gasteiger partial charge in [-0.05, 0) is 17.7 Å². The number of hydrogen-bond acceptors (Lipinski definition) is 2. The predicted molar refractivity (Wildman–Crippen MR) is 82.7 cm³/mol. The normalized spacial score (nSPS) is 13.7. The Hall–Kier alpha value is -1.71. The Morgan fingerprint density at radius 2 is 1.86 bits per heavy atom. The largest absolute Gasteiger partial charge is 0.323 e. The van der Waals surface area contributed by atoms with E-state index in [1.54, 1.807) is 13.0 Å². The van der Waals surface area contributed by atoms with E-state index in [-0.39, 0.29) is 22.8 Å². The van der Waals surface area contributed by atoms with Crippen LogP contribution in [0.1, 0.15) is 24.1 Å². The summed E-state index contributed by atoms with van der Waals surface area (Å²) in [6, 6.07) is 13.4. The summed E-state index contributed by atoms with van der Waals surface area (Å²) in [4.78, 5) is 12.3. The van der Waals surface area contributed by atoms with Gasteiger partial charge in [0.05, 0.1) is 0 Å². The molecule has 2 unspecified atom stereocenters. The van der Waals surface area contributed by atoms with Gasteiger partial charge in [0.15, 0.2) is 0 Å². The molecule has 0 saturated carbocycles. The van der Waals surface area contributed by atoms with Crippen molar-refractivity contribution in [2.45, 2.75) is 19.4 Å². The van der Waals surface area contributed by atoms with E-state index in [0.717, 1.165) is 5.56 Å². The SMILES string of the molecule is CC(C(=O)Cc1c(F)cccc1Cl)C(N)c1ccccc1. The maximum atomic E-state index is 13.7. The monoisotopic (exact) mass is 305 g/mol. The number of carbonyl (C=O) groups is 1. The molecule has 4 heteroatoms. The summed E-state index contributed by atoms with van der Waals surface area (Å²) >= 11 is 5.95. The Kier molecular flexibility index (Phi) is 5.10. The lowest BCUT2D eigenvalue weighted by Gasteiger charge is -2.19. The first kappa shape index (κ1) is 15.7. The highest BCUT2D eigenvalue weighted by Gasteiger charge is 2.23. The van der Waals surface area contributed by atoms with Gasteiger partial charge in [-0.25, -0.2) is 4.39 Å². The van der Waals surface area contributed by atoms with E-state index in [9.17, 15) is 9.18 Å². The average molecular weight is 306 g/mol. The third-order valence-electron chi connectivity index (χ3n) is 3.64. The van der Waals surface area contributed by atoms with Gasteiger partial charge in [-0.3, -0.25) is 4.79 Å². The van der Waals surface area contributed by atoms with Crippen LogP contribution in [0.15, 0.2) is 48.5 Å². The molecule has 0 aromatic heterocycles. The van der Waals surface area contributed by atoms with E-state index in [1.165, 1.54) is 12.1 Å². The number of Topliss-reactive ketones (excluding diaryl/α,β-unsaturated/α-hetero) is 1. The van der Waals surface area contributed by atoms with Crippen molar-refractivity contribution in [3.05, 3.63) is 70.5 Å². The molecule has 0 aliphatic rings. The zero-order valence-electron chi connectivity index (χ0n) is 11.7.